The molecule has 0 aromatic heterocycles. The van der Waals surface area contributed by atoms with Gasteiger partial charge in [-0.05, 0) is 30.3 Å². The van der Waals surface area contributed by atoms with E-state index in [-0.39, 0.29) is 21.6 Å². The molecule has 1 saturated heterocycles. The van der Waals surface area contributed by atoms with Crippen LogP contribution in [0.25, 0.3) is 0 Å². The van der Waals surface area contributed by atoms with Gasteiger partial charge in [0, 0.05) is 23.1 Å². The second-order valence-corrected chi connectivity index (χ2v) is 9.68. The Morgan fingerprint density at radius 2 is 1.71 bits per heavy atom. The molecular formula is C20H21Cl2N3O5S. The van der Waals surface area contributed by atoms with E-state index in [4.69, 9.17) is 27.9 Å². The number of rotatable bonds is 6. The number of sulfonamides is 1. The van der Waals surface area contributed by atoms with Crippen LogP contribution in [0.4, 0.5) is 11.4 Å². The van der Waals surface area contributed by atoms with Crippen LogP contribution >= 0.6 is 23.2 Å². The standard InChI is InChI=1S/C20H21Cl2N3O5S/c1-31(28,29)25(16-11-14(21)10-15(22)12-16)13-19(26)23-18-5-3-2-4-17(18)20(27)24-6-8-30-9-7-24/h2-5,10-12H,6-9,13H2,1H3,(H,23,26). The number of morpholine rings is 1. The van der Waals surface area contributed by atoms with E-state index in [1.54, 1.807) is 29.2 Å². The van der Waals surface area contributed by atoms with Crippen LogP contribution in [0.15, 0.2) is 42.5 Å². The highest BCUT2D eigenvalue weighted by Crippen LogP contribution is 2.27. The topological polar surface area (TPSA) is 96.0 Å². The lowest BCUT2D eigenvalue weighted by Gasteiger charge is -2.27. The Labute approximate surface area is 190 Å². The van der Waals surface area contributed by atoms with Crippen LogP contribution < -0.4 is 9.62 Å². The summed E-state index contributed by atoms with van der Waals surface area (Å²) in [5, 5.41) is 3.11. The van der Waals surface area contributed by atoms with Gasteiger partial charge < -0.3 is 15.0 Å². The first-order valence-corrected chi connectivity index (χ1v) is 12.0. The number of nitrogens with zero attached hydrogens (tertiary/aromatic N) is 2. The Morgan fingerprint density at radius 3 is 2.32 bits per heavy atom. The number of hydrogen-bond donors (Lipinski definition) is 1. The van der Waals surface area contributed by atoms with Gasteiger partial charge in [0.05, 0.1) is 36.4 Å². The van der Waals surface area contributed by atoms with E-state index in [9.17, 15) is 18.0 Å². The molecule has 11 heteroatoms. The molecule has 1 fully saturated rings. The maximum Gasteiger partial charge on any atom is 0.256 e. The van der Waals surface area contributed by atoms with Crippen molar-refractivity contribution in [3.63, 3.8) is 0 Å². The molecule has 8 nitrogen and oxygen atoms in total. The molecule has 2 amide bonds. The van der Waals surface area contributed by atoms with Crippen molar-refractivity contribution in [2.45, 2.75) is 0 Å². The van der Waals surface area contributed by atoms with Gasteiger partial charge in [0.2, 0.25) is 15.9 Å². The first kappa shape index (κ1) is 23.3. The van der Waals surface area contributed by atoms with Gasteiger partial charge in [-0.3, -0.25) is 13.9 Å². The van der Waals surface area contributed by atoms with E-state index in [1.165, 1.54) is 18.2 Å². The Hall–Kier alpha value is -2.33. The molecule has 1 aliphatic heterocycles. The highest BCUT2D eigenvalue weighted by Gasteiger charge is 2.24. The van der Waals surface area contributed by atoms with E-state index in [1.807, 2.05) is 0 Å². The van der Waals surface area contributed by atoms with Crippen LogP contribution in [0.5, 0.6) is 0 Å². The molecule has 2 aromatic carbocycles. The number of carbonyl (C=O) groups excluding carboxylic acids is 2. The molecule has 3 rings (SSSR count). The monoisotopic (exact) mass is 485 g/mol. The smallest absolute Gasteiger partial charge is 0.256 e. The number of amides is 2. The first-order chi connectivity index (χ1) is 14.6. The molecule has 31 heavy (non-hydrogen) atoms. The van der Waals surface area contributed by atoms with Crippen molar-refractivity contribution in [3.8, 4) is 0 Å². The minimum Gasteiger partial charge on any atom is -0.378 e. The number of ether oxygens (including phenoxy) is 1. The molecule has 0 spiro atoms. The van der Waals surface area contributed by atoms with Gasteiger partial charge in [-0.15, -0.1) is 0 Å². The highest BCUT2D eigenvalue weighted by molar-refractivity contribution is 7.92. The van der Waals surface area contributed by atoms with Gasteiger partial charge >= 0.3 is 0 Å². The van der Waals surface area contributed by atoms with Gasteiger partial charge in [0.25, 0.3) is 5.91 Å². The number of benzene rings is 2. The van der Waals surface area contributed by atoms with Crippen LogP contribution in [0.3, 0.4) is 0 Å². The molecule has 0 aliphatic carbocycles. The number of nitrogens with one attached hydrogen (secondary N) is 1. The van der Waals surface area contributed by atoms with Crippen molar-refractivity contribution in [2.75, 3.05) is 48.7 Å². The lowest BCUT2D eigenvalue weighted by Crippen LogP contribution is -2.41. The van der Waals surface area contributed by atoms with Crippen LogP contribution in [0, 0.1) is 0 Å². The van der Waals surface area contributed by atoms with Gasteiger partial charge in [-0.2, -0.15) is 0 Å². The van der Waals surface area contributed by atoms with Gasteiger partial charge in [-0.25, -0.2) is 8.42 Å². The van der Waals surface area contributed by atoms with Gasteiger partial charge in [0.1, 0.15) is 6.54 Å². The first-order valence-electron chi connectivity index (χ1n) is 9.35. The molecule has 0 atom stereocenters. The zero-order valence-electron chi connectivity index (χ0n) is 16.7. The normalized spacial score (nSPS) is 14.2. The molecule has 1 heterocycles. The summed E-state index contributed by atoms with van der Waals surface area (Å²) in [6.45, 7) is 1.30. The molecule has 1 aliphatic rings. The summed E-state index contributed by atoms with van der Waals surface area (Å²) >= 11 is 12.0. The highest BCUT2D eigenvalue weighted by atomic mass is 35.5. The zero-order valence-corrected chi connectivity index (χ0v) is 19.0. The average molecular weight is 486 g/mol. The fourth-order valence-corrected chi connectivity index (χ4v) is 4.47. The van der Waals surface area contributed by atoms with Crippen molar-refractivity contribution in [2.24, 2.45) is 0 Å². The summed E-state index contributed by atoms with van der Waals surface area (Å²) in [6, 6.07) is 10.8. The third kappa shape index (κ3) is 6.10. The molecule has 0 bridgehead atoms. The molecule has 0 radical (unpaired) electrons. The summed E-state index contributed by atoms with van der Waals surface area (Å²) in [4.78, 5) is 27.2. The fraction of sp³-hybridized carbons (Fsp3) is 0.300. The molecule has 2 aromatic rings. The second kappa shape index (κ2) is 9.86. The molecule has 0 unspecified atom stereocenters. The minimum atomic E-state index is -3.82. The average Bonchev–Trinajstić information content (AvgIpc) is 2.71. The third-order valence-electron chi connectivity index (χ3n) is 4.55. The van der Waals surface area contributed by atoms with E-state index < -0.39 is 22.5 Å². The van der Waals surface area contributed by atoms with Crippen LogP contribution in [0.1, 0.15) is 10.4 Å². The van der Waals surface area contributed by atoms with Crippen LogP contribution in [-0.4, -0.2) is 64.2 Å². The largest absolute Gasteiger partial charge is 0.378 e. The summed E-state index contributed by atoms with van der Waals surface area (Å²) in [7, 11) is -3.82. The number of hydrogen-bond acceptors (Lipinski definition) is 5. The van der Waals surface area contributed by atoms with Gasteiger partial charge in [0.15, 0.2) is 0 Å². The summed E-state index contributed by atoms with van der Waals surface area (Å²) in [5.74, 6) is -0.857. The number of anilines is 2. The van der Waals surface area contributed by atoms with Crippen molar-refractivity contribution in [1.29, 1.82) is 0 Å². The fourth-order valence-electron chi connectivity index (χ4n) is 3.12. The van der Waals surface area contributed by atoms with E-state index in [0.717, 1.165) is 10.6 Å². The predicted molar refractivity (Wildman–Crippen MR) is 120 cm³/mol. The maximum atomic E-state index is 12.9. The lowest BCUT2D eigenvalue weighted by molar-refractivity contribution is -0.114. The Balaban J connectivity index is 1.81. The summed E-state index contributed by atoms with van der Waals surface area (Å²) in [5.41, 5.74) is 0.767. The SMILES string of the molecule is CS(=O)(=O)N(CC(=O)Nc1ccccc1C(=O)N1CCOCC1)c1cc(Cl)cc(Cl)c1. The lowest BCUT2D eigenvalue weighted by atomic mass is 10.1. The maximum absolute atomic E-state index is 12.9. The van der Waals surface area contributed by atoms with E-state index in [2.05, 4.69) is 5.32 Å². The second-order valence-electron chi connectivity index (χ2n) is 6.90. The molecular weight excluding hydrogens is 465 g/mol. The van der Waals surface area contributed by atoms with Crippen molar-refractivity contribution in [3.05, 3.63) is 58.1 Å². The van der Waals surface area contributed by atoms with Crippen molar-refractivity contribution in [1.82, 2.24) is 4.90 Å². The van der Waals surface area contributed by atoms with E-state index in [0.29, 0.717) is 37.6 Å². The molecule has 0 saturated carbocycles. The molecule has 1 N–H and O–H groups in total. The number of carbonyl (C=O) groups is 2. The summed E-state index contributed by atoms with van der Waals surface area (Å²) < 4.78 is 30.8. The Kier molecular flexibility index (Phi) is 7.42. The quantitative estimate of drug-likeness (QED) is 0.678. The predicted octanol–water partition coefficient (Wildman–Crippen LogP) is 2.87. The van der Waals surface area contributed by atoms with Crippen molar-refractivity contribution >= 4 is 56.4 Å². The van der Waals surface area contributed by atoms with Gasteiger partial charge in [-0.1, -0.05) is 35.3 Å². The number of halogens is 2. The van der Waals surface area contributed by atoms with Crippen LogP contribution in [0.2, 0.25) is 10.0 Å². The Bertz CT molecular complexity index is 1070. The molecule has 166 valence electrons. The minimum absolute atomic E-state index is 0.160. The van der Waals surface area contributed by atoms with Crippen LogP contribution in [-0.2, 0) is 19.6 Å². The number of para-hydroxylation sites is 1. The van der Waals surface area contributed by atoms with E-state index >= 15 is 0 Å². The zero-order chi connectivity index (χ0) is 22.6. The van der Waals surface area contributed by atoms with Crippen molar-refractivity contribution < 1.29 is 22.7 Å². The Morgan fingerprint density at radius 1 is 1.10 bits per heavy atom. The third-order valence-corrected chi connectivity index (χ3v) is 6.13. The summed E-state index contributed by atoms with van der Waals surface area (Å²) in [6.07, 6.45) is 0.977.